The van der Waals surface area contributed by atoms with Crippen LogP contribution >= 0.6 is 0 Å². The fraction of sp³-hybridized carbons (Fsp3) is 0. The van der Waals surface area contributed by atoms with Crippen LogP contribution in [0.1, 0.15) is 0 Å². The molecule has 0 radical (unpaired) electrons. The molecule has 3 nitrogen and oxygen atoms in total. The van der Waals surface area contributed by atoms with Gasteiger partial charge in [0.15, 0.2) is 0 Å². The van der Waals surface area contributed by atoms with Crippen molar-refractivity contribution < 1.29 is 4.42 Å². The summed E-state index contributed by atoms with van der Waals surface area (Å²) < 4.78 is 11.2. The minimum Gasteiger partial charge on any atom is -0.456 e. The Morgan fingerprint density at radius 2 is 0.949 bits per heavy atom. The Balaban J connectivity index is 1.59. The predicted molar refractivity (Wildman–Crippen MR) is 162 cm³/mol. The number of furan rings is 1. The zero-order valence-corrected chi connectivity index (χ0v) is 21.0. The first-order valence-corrected chi connectivity index (χ1v) is 13.3. The summed E-state index contributed by atoms with van der Waals surface area (Å²) >= 11 is 0. The van der Waals surface area contributed by atoms with Crippen LogP contribution in [0.25, 0.3) is 76.9 Å². The number of fused-ring (bicyclic) bond motifs is 11. The lowest BCUT2D eigenvalue weighted by molar-refractivity contribution is 0.669. The van der Waals surface area contributed by atoms with E-state index in [-0.39, 0.29) is 0 Å². The second kappa shape index (κ2) is 7.62. The van der Waals surface area contributed by atoms with Gasteiger partial charge < -0.3 is 13.6 Å². The number of benzene rings is 6. The maximum Gasteiger partial charge on any atom is 0.137 e. The standard InChI is InChI=1S/C36H22N2O/c1-3-11-23(12-4-1)37-29-17-9-7-15-27(29)33-30(37)21-19-25-26-20-22-32-34(28-16-8-10-18-31(28)39-32)36(26)38(35(25)33)24-13-5-2-6-14-24/h1-22H. The number of rotatable bonds is 2. The molecule has 0 bridgehead atoms. The summed E-state index contributed by atoms with van der Waals surface area (Å²) in [4.78, 5) is 0. The van der Waals surface area contributed by atoms with Crippen molar-refractivity contribution in [3.63, 3.8) is 0 Å². The van der Waals surface area contributed by atoms with Crippen molar-refractivity contribution >= 4 is 65.6 Å². The molecule has 9 rings (SSSR count). The number of aromatic nitrogens is 2. The molecule has 0 amide bonds. The third kappa shape index (κ3) is 2.71. The first-order chi connectivity index (χ1) is 19.4. The first-order valence-electron chi connectivity index (χ1n) is 13.3. The van der Waals surface area contributed by atoms with E-state index in [1.165, 1.54) is 43.6 Å². The molecular weight excluding hydrogens is 476 g/mol. The van der Waals surface area contributed by atoms with Crippen LogP contribution in [0.3, 0.4) is 0 Å². The average Bonchev–Trinajstić information content (AvgIpc) is 3.65. The highest BCUT2D eigenvalue weighted by Gasteiger charge is 2.23. The van der Waals surface area contributed by atoms with E-state index in [9.17, 15) is 0 Å². The number of para-hydroxylation sites is 4. The average molecular weight is 499 g/mol. The van der Waals surface area contributed by atoms with Gasteiger partial charge >= 0.3 is 0 Å². The summed E-state index contributed by atoms with van der Waals surface area (Å²) in [5.74, 6) is 0. The summed E-state index contributed by atoms with van der Waals surface area (Å²) in [6.45, 7) is 0. The third-order valence-electron chi connectivity index (χ3n) is 8.09. The maximum atomic E-state index is 6.35. The molecule has 0 atom stereocenters. The highest BCUT2D eigenvalue weighted by Crippen LogP contribution is 2.45. The van der Waals surface area contributed by atoms with Crippen LogP contribution in [-0.4, -0.2) is 9.13 Å². The third-order valence-corrected chi connectivity index (χ3v) is 8.09. The second-order valence-electron chi connectivity index (χ2n) is 10.1. The molecular formula is C36H22N2O. The molecule has 3 heterocycles. The van der Waals surface area contributed by atoms with Crippen LogP contribution in [0, 0.1) is 0 Å². The molecule has 3 heteroatoms. The van der Waals surface area contributed by atoms with Crippen LogP contribution < -0.4 is 0 Å². The summed E-state index contributed by atoms with van der Waals surface area (Å²) in [6.07, 6.45) is 0. The maximum absolute atomic E-state index is 6.35. The lowest BCUT2D eigenvalue weighted by Gasteiger charge is -2.10. The SMILES string of the molecule is c1ccc(-n2c3ccccc3c3c2ccc2c4ccc5oc6ccccc6c5c4n(-c4ccccc4)c23)cc1. The summed E-state index contributed by atoms with van der Waals surface area (Å²) in [5.41, 5.74) is 8.92. The van der Waals surface area contributed by atoms with Crippen molar-refractivity contribution in [3.05, 3.63) is 133 Å². The first kappa shape index (κ1) is 20.7. The van der Waals surface area contributed by atoms with E-state index in [0.717, 1.165) is 33.3 Å². The topological polar surface area (TPSA) is 23.0 Å². The van der Waals surface area contributed by atoms with E-state index in [1.807, 2.05) is 6.07 Å². The Morgan fingerprint density at radius 3 is 1.72 bits per heavy atom. The quantitative estimate of drug-likeness (QED) is 0.233. The van der Waals surface area contributed by atoms with Crippen molar-refractivity contribution in [2.24, 2.45) is 0 Å². The van der Waals surface area contributed by atoms with Crippen molar-refractivity contribution in [1.82, 2.24) is 9.13 Å². The number of nitrogens with zero attached hydrogens (tertiary/aromatic N) is 2. The smallest absolute Gasteiger partial charge is 0.137 e. The molecule has 0 saturated heterocycles. The van der Waals surface area contributed by atoms with Gasteiger partial charge in [-0.05, 0) is 54.6 Å². The minimum atomic E-state index is 0.909. The molecule has 6 aromatic carbocycles. The molecule has 0 fully saturated rings. The molecule has 0 unspecified atom stereocenters. The van der Waals surface area contributed by atoms with Gasteiger partial charge in [-0.2, -0.15) is 0 Å². The van der Waals surface area contributed by atoms with Crippen LogP contribution in [0.5, 0.6) is 0 Å². The highest BCUT2D eigenvalue weighted by molar-refractivity contribution is 6.30. The van der Waals surface area contributed by atoms with Crippen LogP contribution in [0.15, 0.2) is 138 Å². The van der Waals surface area contributed by atoms with Crippen molar-refractivity contribution in [3.8, 4) is 11.4 Å². The van der Waals surface area contributed by atoms with Gasteiger partial charge in [-0.3, -0.25) is 0 Å². The molecule has 0 aliphatic rings. The molecule has 9 aromatic rings. The highest BCUT2D eigenvalue weighted by atomic mass is 16.3. The van der Waals surface area contributed by atoms with Gasteiger partial charge in [0.1, 0.15) is 11.2 Å². The van der Waals surface area contributed by atoms with Crippen molar-refractivity contribution in [2.75, 3.05) is 0 Å². The zero-order chi connectivity index (χ0) is 25.5. The molecule has 0 spiro atoms. The van der Waals surface area contributed by atoms with E-state index in [4.69, 9.17) is 4.42 Å². The van der Waals surface area contributed by atoms with E-state index in [2.05, 4.69) is 137 Å². The molecule has 0 aliphatic heterocycles. The van der Waals surface area contributed by atoms with Gasteiger partial charge in [0.2, 0.25) is 0 Å². The van der Waals surface area contributed by atoms with Crippen LogP contribution in [-0.2, 0) is 0 Å². The minimum absolute atomic E-state index is 0.909. The zero-order valence-electron chi connectivity index (χ0n) is 21.0. The Labute approximate surface area is 223 Å². The van der Waals surface area contributed by atoms with E-state index in [1.54, 1.807) is 0 Å². The number of hydrogen-bond donors (Lipinski definition) is 0. The Kier molecular flexibility index (Phi) is 4.05. The largest absolute Gasteiger partial charge is 0.456 e. The Hall–Kier alpha value is -5.28. The lowest BCUT2D eigenvalue weighted by atomic mass is 10.1. The van der Waals surface area contributed by atoms with E-state index in [0.29, 0.717) is 0 Å². The molecule has 182 valence electrons. The fourth-order valence-corrected chi connectivity index (χ4v) is 6.54. The summed E-state index contributed by atoms with van der Waals surface area (Å²) in [5, 5.41) is 7.27. The van der Waals surface area contributed by atoms with Gasteiger partial charge in [0.25, 0.3) is 0 Å². The van der Waals surface area contributed by atoms with Gasteiger partial charge in [-0.25, -0.2) is 0 Å². The lowest BCUT2D eigenvalue weighted by Crippen LogP contribution is -1.95. The summed E-state index contributed by atoms with van der Waals surface area (Å²) in [7, 11) is 0. The van der Waals surface area contributed by atoms with Crippen LogP contribution in [0.2, 0.25) is 0 Å². The molecule has 39 heavy (non-hydrogen) atoms. The fourth-order valence-electron chi connectivity index (χ4n) is 6.54. The molecule has 0 saturated carbocycles. The van der Waals surface area contributed by atoms with Gasteiger partial charge in [0, 0.05) is 38.3 Å². The molecule has 0 N–H and O–H groups in total. The Bertz CT molecular complexity index is 2370. The number of hydrogen-bond acceptors (Lipinski definition) is 1. The van der Waals surface area contributed by atoms with Crippen molar-refractivity contribution in [1.29, 1.82) is 0 Å². The van der Waals surface area contributed by atoms with Gasteiger partial charge in [-0.1, -0.05) is 78.9 Å². The van der Waals surface area contributed by atoms with Gasteiger partial charge in [-0.15, -0.1) is 0 Å². The van der Waals surface area contributed by atoms with Crippen molar-refractivity contribution in [2.45, 2.75) is 0 Å². The Morgan fingerprint density at radius 1 is 0.359 bits per heavy atom. The van der Waals surface area contributed by atoms with Gasteiger partial charge in [0.05, 0.1) is 27.5 Å². The van der Waals surface area contributed by atoms with Crippen LogP contribution in [0.4, 0.5) is 0 Å². The second-order valence-corrected chi connectivity index (χ2v) is 10.1. The monoisotopic (exact) mass is 498 g/mol. The predicted octanol–water partition coefficient (Wildman–Crippen LogP) is 9.78. The summed E-state index contributed by atoms with van der Waals surface area (Å²) in [6, 6.07) is 47.4. The van der Waals surface area contributed by atoms with E-state index < -0.39 is 0 Å². The van der Waals surface area contributed by atoms with E-state index >= 15 is 0 Å². The normalized spacial score (nSPS) is 12.1. The molecule has 0 aliphatic carbocycles. The molecule has 3 aromatic heterocycles.